The zero-order chi connectivity index (χ0) is 20.4. The Morgan fingerprint density at radius 1 is 1.14 bits per heavy atom. The third-order valence-corrected chi connectivity index (χ3v) is 4.84. The lowest BCUT2D eigenvalue weighted by Crippen LogP contribution is -2.27. The molecule has 2 aromatic carbocycles. The number of methoxy groups -OCH3 is 1. The fraction of sp³-hybridized carbons (Fsp3) is 0.100. The Hall–Kier alpha value is -3.46. The van der Waals surface area contributed by atoms with Crippen LogP contribution >= 0.6 is 15.9 Å². The molecule has 9 heteroatoms. The molecule has 1 amide bonds. The van der Waals surface area contributed by atoms with Gasteiger partial charge in [0.25, 0.3) is 5.56 Å². The number of amides is 1. The van der Waals surface area contributed by atoms with Crippen molar-refractivity contribution in [3.05, 3.63) is 75.9 Å². The molecule has 8 nitrogen and oxygen atoms in total. The van der Waals surface area contributed by atoms with Crippen LogP contribution in [0.1, 0.15) is 0 Å². The highest BCUT2D eigenvalue weighted by molar-refractivity contribution is 9.10. The summed E-state index contributed by atoms with van der Waals surface area (Å²) in [5, 5.41) is 7.36. The molecule has 146 valence electrons. The van der Waals surface area contributed by atoms with Crippen LogP contribution in [0.3, 0.4) is 0 Å². The van der Waals surface area contributed by atoms with E-state index in [1.165, 1.54) is 17.1 Å². The fourth-order valence-corrected chi connectivity index (χ4v) is 3.13. The number of aromatic nitrogens is 4. The summed E-state index contributed by atoms with van der Waals surface area (Å²) in [5.41, 5.74) is 1.50. The normalized spacial score (nSPS) is 10.8. The number of rotatable bonds is 5. The lowest BCUT2D eigenvalue weighted by atomic mass is 10.3. The molecule has 1 N–H and O–H groups in total. The molecule has 2 heterocycles. The molecule has 0 aliphatic heterocycles. The van der Waals surface area contributed by atoms with Crippen LogP contribution in [0.5, 0.6) is 5.75 Å². The van der Waals surface area contributed by atoms with Gasteiger partial charge in [0.1, 0.15) is 24.0 Å². The molecule has 0 spiro atoms. The van der Waals surface area contributed by atoms with Gasteiger partial charge >= 0.3 is 0 Å². The van der Waals surface area contributed by atoms with Crippen molar-refractivity contribution in [3.63, 3.8) is 0 Å². The van der Waals surface area contributed by atoms with Crippen molar-refractivity contribution in [1.29, 1.82) is 0 Å². The number of fused-ring (bicyclic) bond motifs is 1. The minimum atomic E-state index is -0.335. The molecule has 0 aliphatic carbocycles. The predicted octanol–water partition coefficient (Wildman–Crippen LogP) is 2.99. The van der Waals surface area contributed by atoms with Gasteiger partial charge in [-0.05, 0) is 48.5 Å². The number of hydrogen-bond acceptors (Lipinski definition) is 5. The van der Waals surface area contributed by atoms with Crippen LogP contribution in [-0.2, 0) is 11.3 Å². The summed E-state index contributed by atoms with van der Waals surface area (Å²) in [6.45, 7) is -0.155. The molecule has 4 aromatic rings. The van der Waals surface area contributed by atoms with Crippen molar-refractivity contribution < 1.29 is 9.53 Å². The number of ether oxygens (including phenoxy) is 1. The van der Waals surface area contributed by atoms with E-state index >= 15 is 0 Å². The monoisotopic (exact) mass is 453 g/mol. The molecule has 0 atom stereocenters. The third kappa shape index (κ3) is 3.90. The molecule has 0 bridgehead atoms. The zero-order valence-electron chi connectivity index (χ0n) is 15.4. The second-order valence-corrected chi connectivity index (χ2v) is 7.14. The van der Waals surface area contributed by atoms with Crippen LogP contribution in [0.2, 0.25) is 0 Å². The number of nitrogens with zero attached hydrogens (tertiary/aromatic N) is 4. The number of benzene rings is 2. The Kier molecular flexibility index (Phi) is 5.13. The topological polar surface area (TPSA) is 91.0 Å². The van der Waals surface area contributed by atoms with Crippen molar-refractivity contribution in [2.24, 2.45) is 0 Å². The van der Waals surface area contributed by atoms with Crippen LogP contribution in [0.25, 0.3) is 16.7 Å². The first-order chi connectivity index (χ1) is 14.0. The van der Waals surface area contributed by atoms with Crippen molar-refractivity contribution in [1.82, 2.24) is 19.3 Å². The summed E-state index contributed by atoms with van der Waals surface area (Å²) in [4.78, 5) is 29.4. The van der Waals surface area contributed by atoms with Gasteiger partial charge in [0.15, 0.2) is 5.65 Å². The summed E-state index contributed by atoms with van der Waals surface area (Å²) >= 11 is 3.39. The predicted molar refractivity (Wildman–Crippen MR) is 112 cm³/mol. The van der Waals surface area contributed by atoms with E-state index in [1.54, 1.807) is 36.1 Å². The van der Waals surface area contributed by atoms with Crippen molar-refractivity contribution in [2.75, 3.05) is 12.4 Å². The number of hydrogen-bond donors (Lipinski definition) is 1. The maximum atomic E-state index is 12.8. The average molecular weight is 454 g/mol. The lowest BCUT2D eigenvalue weighted by molar-refractivity contribution is -0.116. The van der Waals surface area contributed by atoms with Gasteiger partial charge in [-0.2, -0.15) is 5.10 Å². The lowest BCUT2D eigenvalue weighted by Gasteiger charge is -2.08. The summed E-state index contributed by atoms with van der Waals surface area (Å²) in [6.07, 6.45) is 2.82. The van der Waals surface area contributed by atoms with Gasteiger partial charge in [-0.15, -0.1) is 0 Å². The highest BCUT2D eigenvalue weighted by atomic mass is 79.9. The molecular formula is C20H16BrN5O3. The first-order valence-electron chi connectivity index (χ1n) is 8.68. The van der Waals surface area contributed by atoms with E-state index in [0.29, 0.717) is 22.5 Å². The molecule has 2 aromatic heterocycles. The van der Waals surface area contributed by atoms with Crippen LogP contribution in [0, 0.1) is 0 Å². The average Bonchev–Trinajstić information content (AvgIpc) is 3.16. The Morgan fingerprint density at radius 2 is 1.86 bits per heavy atom. The standard InChI is InChI=1S/C20H16BrN5O3/c1-29-16-8-4-14(5-9-16)24-18(27)11-25-12-22-19-17(20(25)28)10-23-26(19)15-6-2-13(21)3-7-15/h2-10,12H,11H2,1H3,(H,24,27). The van der Waals surface area contributed by atoms with E-state index in [2.05, 4.69) is 31.3 Å². The van der Waals surface area contributed by atoms with E-state index < -0.39 is 0 Å². The maximum absolute atomic E-state index is 12.8. The number of nitrogens with one attached hydrogen (secondary N) is 1. The molecule has 0 aliphatic rings. The smallest absolute Gasteiger partial charge is 0.264 e. The molecule has 0 fully saturated rings. The van der Waals surface area contributed by atoms with Crippen LogP contribution in [-0.4, -0.2) is 32.3 Å². The van der Waals surface area contributed by atoms with Crippen LogP contribution in [0.4, 0.5) is 5.69 Å². The second-order valence-electron chi connectivity index (χ2n) is 6.22. The number of carbonyl (C=O) groups excluding carboxylic acids is 1. The van der Waals surface area contributed by atoms with E-state index in [-0.39, 0.29) is 18.0 Å². The van der Waals surface area contributed by atoms with Crippen molar-refractivity contribution >= 4 is 38.6 Å². The first-order valence-corrected chi connectivity index (χ1v) is 9.47. The zero-order valence-corrected chi connectivity index (χ0v) is 17.0. The van der Waals surface area contributed by atoms with Crippen molar-refractivity contribution in [3.8, 4) is 11.4 Å². The fourth-order valence-electron chi connectivity index (χ4n) is 2.86. The summed E-state index contributed by atoms with van der Waals surface area (Å²) in [5.74, 6) is 0.357. The van der Waals surface area contributed by atoms with E-state index in [0.717, 1.165) is 10.2 Å². The quantitative estimate of drug-likeness (QED) is 0.501. The Morgan fingerprint density at radius 3 is 2.55 bits per heavy atom. The van der Waals surface area contributed by atoms with E-state index in [1.807, 2.05) is 24.3 Å². The number of anilines is 1. The van der Waals surface area contributed by atoms with Gasteiger partial charge in [0, 0.05) is 10.2 Å². The summed E-state index contributed by atoms with van der Waals surface area (Å²) in [7, 11) is 1.57. The van der Waals surface area contributed by atoms with Crippen LogP contribution in [0.15, 0.2) is 70.3 Å². The third-order valence-electron chi connectivity index (χ3n) is 4.31. The Balaban J connectivity index is 1.56. The molecule has 0 saturated heterocycles. The molecule has 29 heavy (non-hydrogen) atoms. The van der Waals surface area contributed by atoms with Gasteiger partial charge in [-0.25, -0.2) is 9.67 Å². The van der Waals surface area contributed by atoms with Gasteiger partial charge < -0.3 is 10.1 Å². The van der Waals surface area contributed by atoms with Crippen LogP contribution < -0.4 is 15.6 Å². The Bertz CT molecular complexity index is 1230. The van der Waals surface area contributed by atoms with Gasteiger partial charge in [-0.3, -0.25) is 14.2 Å². The Labute approximate surface area is 173 Å². The van der Waals surface area contributed by atoms with E-state index in [4.69, 9.17) is 4.74 Å². The molecule has 4 rings (SSSR count). The minimum absolute atomic E-state index is 0.155. The largest absolute Gasteiger partial charge is 0.497 e. The summed E-state index contributed by atoms with van der Waals surface area (Å²) in [6, 6.07) is 14.4. The van der Waals surface area contributed by atoms with Gasteiger partial charge in [0.05, 0.1) is 19.0 Å². The number of halogens is 1. The van der Waals surface area contributed by atoms with Crippen molar-refractivity contribution in [2.45, 2.75) is 6.54 Å². The van der Waals surface area contributed by atoms with Gasteiger partial charge in [-0.1, -0.05) is 15.9 Å². The first kappa shape index (κ1) is 18.9. The molecule has 0 radical (unpaired) electrons. The molecule has 0 unspecified atom stereocenters. The molecular weight excluding hydrogens is 438 g/mol. The number of carbonyl (C=O) groups is 1. The molecule has 0 saturated carbocycles. The van der Waals surface area contributed by atoms with E-state index in [9.17, 15) is 9.59 Å². The maximum Gasteiger partial charge on any atom is 0.264 e. The minimum Gasteiger partial charge on any atom is -0.497 e. The highest BCUT2D eigenvalue weighted by Crippen LogP contribution is 2.17. The van der Waals surface area contributed by atoms with Gasteiger partial charge in [0.2, 0.25) is 5.91 Å². The summed E-state index contributed by atoms with van der Waals surface area (Å²) < 4.78 is 8.88. The SMILES string of the molecule is COc1ccc(NC(=O)Cn2cnc3c(cnn3-c3ccc(Br)cc3)c2=O)cc1. The second kappa shape index (κ2) is 7.88. The highest BCUT2D eigenvalue weighted by Gasteiger charge is 2.13.